The van der Waals surface area contributed by atoms with E-state index in [1.807, 2.05) is 26.0 Å². The second-order valence-electron chi connectivity index (χ2n) is 7.13. The lowest BCUT2D eigenvalue weighted by atomic mass is 10.1. The van der Waals surface area contributed by atoms with Gasteiger partial charge in [0, 0.05) is 10.6 Å². The fourth-order valence-corrected chi connectivity index (χ4v) is 5.50. The summed E-state index contributed by atoms with van der Waals surface area (Å²) in [5.74, 6) is 0.746. The molecule has 3 aromatic rings. The third-order valence-corrected chi connectivity index (χ3v) is 7.53. The van der Waals surface area contributed by atoms with Crippen LogP contribution >= 0.6 is 23.1 Å². The molecule has 4 rings (SSSR count). The van der Waals surface area contributed by atoms with Gasteiger partial charge in [-0.25, -0.2) is 4.98 Å². The zero-order valence-electron chi connectivity index (χ0n) is 16.6. The SMILES string of the molecule is Cc1cccc(-n2c(SC[C@@H]3CCOCO3)nc3sc(C)c(C)c3c2=O)c1C. The number of aromatic nitrogens is 2. The van der Waals surface area contributed by atoms with E-state index in [1.165, 1.54) is 0 Å². The number of hydrogen-bond acceptors (Lipinski definition) is 6. The maximum absolute atomic E-state index is 13.6. The van der Waals surface area contributed by atoms with Crippen LogP contribution in [0.3, 0.4) is 0 Å². The highest BCUT2D eigenvalue weighted by molar-refractivity contribution is 7.99. The fraction of sp³-hybridized carbons (Fsp3) is 0.429. The Morgan fingerprint density at radius 3 is 2.82 bits per heavy atom. The smallest absolute Gasteiger partial charge is 0.267 e. The van der Waals surface area contributed by atoms with Gasteiger partial charge >= 0.3 is 0 Å². The van der Waals surface area contributed by atoms with Crippen LogP contribution in [0.25, 0.3) is 15.9 Å². The van der Waals surface area contributed by atoms with Crippen LogP contribution in [0.15, 0.2) is 28.2 Å². The van der Waals surface area contributed by atoms with Gasteiger partial charge in [0.05, 0.1) is 23.8 Å². The Balaban J connectivity index is 1.86. The Morgan fingerprint density at radius 2 is 2.07 bits per heavy atom. The zero-order chi connectivity index (χ0) is 19.8. The third kappa shape index (κ3) is 3.52. The Labute approximate surface area is 172 Å². The molecule has 1 aliphatic heterocycles. The number of thiophene rings is 1. The largest absolute Gasteiger partial charge is 0.355 e. The lowest BCUT2D eigenvalue weighted by Gasteiger charge is -2.23. The molecule has 7 heteroatoms. The Morgan fingerprint density at radius 1 is 1.25 bits per heavy atom. The highest BCUT2D eigenvalue weighted by Crippen LogP contribution is 2.31. The van der Waals surface area contributed by atoms with Crippen LogP contribution in [-0.2, 0) is 9.47 Å². The molecule has 0 radical (unpaired) electrons. The number of fused-ring (bicyclic) bond motifs is 1. The minimum absolute atomic E-state index is 0.0101. The standard InChI is InChI=1S/C21H24N2O3S2/c1-12-6-5-7-17(13(12)2)23-20(24)18-14(3)15(4)28-19(18)22-21(23)27-10-16-8-9-25-11-26-16/h5-7,16H,8-11H2,1-4H3/t16-/m0/s1. The van der Waals surface area contributed by atoms with Gasteiger partial charge in [-0.15, -0.1) is 11.3 Å². The van der Waals surface area contributed by atoms with Gasteiger partial charge in [0.25, 0.3) is 5.56 Å². The second kappa shape index (κ2) is 7.99. The third-order valence-electron chi connectivity index (χ3n) is 5.36. The molecule has 148 valence electrons. The predicted octanol–water partition coefficient (Wildman–Crippen LogP) is 4.54. The van der Waals surface area contributed by atoms with E-state index in [1.54, 1.807) is 27.7 Å². The van der Waals surface area contributed by atoms with Crippen LogP contribution < -0.4 is 5.56 Å². The normalized spacial score (nSPS) is 17.4. The first-order valence-electron chi connectivity index (χ1n) is 9.39. The van der Waals surface area contributed by atoms with E-state index < -0.39 is 0 Å². The summed E-state index contributed by atoms with van der Waals surface area (Å²) in [7, 11) is 0. The number of nitrogens with zero attached hydrogens (tertiary/aromatic N) is 2. The second-order valence-corrected chi connectivity index (χ2v) is 9.32. The van der Waals surface area contributed by atoms with E-state index >= 15 is 0 Å². The summed E-state index contributed by atoms with van der Waals surface area (Å²) in [5, 5.41) is 1.46. The molecule has 5 nitrogen and oxygen atoms in total. The first-order valence-corrected chi connectivity index (χ1v) is 11.2. The van der Waals surface area contributed by atoms with Crippen molar-refractivity contribution in [3.05, 3.63) is 50.1 Å². The zero-order valence-corrected chi connectivity index (χ0v) is 18.2. The number of ether oxygens (including phenoxy) is 2. The molecule has 1 fully saturated rings. The van der Waals surface area contributed by atoms with Crippen molar-refractivity contribution >= 4 is 33.3 Å². The molecule has 2 aromatic heterocycles. The van der Waals surface area contributed by atoms with Crippen LogP contribution in [0, 0.1) is 27.7 Å². The number of benzene rings is 1. The van der Waals surface area contributed by atoms with Gasteiger partial charge in [-0.2, -0.15) is 0 Å². The molecule has 0 bridgehead atoms. The van der Waals surface area contributed by atoms with E-state index in [0.29, 0.717) is 13.4 Å². The molecule has 0 N–H and O–H groups in total. The number of rotatable bonds is 4. The highest BCUT2D eigenvalue weighted by Gasteiger charge is 2.21. The molecule has 0 spiro atoms. The van der Waals surface area contributed by atoms with Gasteiger partial charge in [-0.3, -0.25) is 9.36 Å². The summed E-state index contributed by atoms with van der Waals surface area (Å²) in [5.41, 5.74) is 4.20. The molecule has 28 heavy (non-hydrogen) atoms. The average molecular weight is 417 g/mol. The van der Waals surface area contributed by atoms with Crippen molar-refractivity contribution in [1.82, 2.24) is 9.55 Å². The Hall–Kier alpha value is -1.67. The minimum atomic E-state index is 0.0101. The Bertz CT molecular complexity index is 1080. The summed E-state index contributed by atoms with van der Waals surface area (Å²) in [4.78, 5) is 20.4. The van der Waals surface area contributed by atoms with Crippen LogP contribution in [0.2, 0.25) is 0 Å². The molecule has 0 saturated carbocycles. The van der Waals surface area contributed by atoms with Gasteiger partial charge < -0.3 is 9.47 Å². The lowest BCUT2D eigenvalue weighted by Crippen LogP contribution is -2.27. The molecule has 0 amide bonds. The molecule has 1 aromatic carbocycles. The molecular weight excluding hydrogens is 392 g/mol. The van der Waals surface area contributed by atoms with Crippen molar-refractivity contribution in [3.63, 3.8) is 0 Å². The molecule has 0 unspecified atom stereocenters. The van der Waals surface area contributed by atoms with E-state index in [0.717, 1.165) is 54.8 Å². The predicted molar refractivity (Wildman–Crippen MR) is 115 cm³/mol. The maximum Gasteiger partial charge on any atom is 0.267 e. The summed E-state index contributed by atoms with van der Waals surface area (Å²) < 4.78 is 12.7. The first-order chi connectivity index (χ1) is 13.5. The maximum atomic E-state index is 13.6. The summed E-state index contributed by atoms with van der Waals surface area (Å²) in [6, 6.07) is 6.06. The molecular formula is C21H24N2O3S2. The van der Waals surface area contributed by atoms with Crippen LogP contribution in [0.1, 0.15) is 28.0 Å². The molecule has 3 heterocycles. The van der Waals surface area contributed by atoms with Crippen molar-refractivity contribution < 1.29 is 9.47 Å². The quantitative estimate of drug-likeness (QED) is 0.462. The van der Waals surface area contributed by atoms with E-state index in [9.17, 15) is 4.79 Å². The Kier molecular flexibility index (Phi) is 5.60. The van der Waals surface area contributed by atoms with Crippen molar-refractivity contribution in [1.29, 1.82) is 0 Å². The average Bonchev–Trinajstić information content (AvgIpc) is 2.98. The molecule has 1 aliphatic rings. The van der Waals surface area contributed by atoms with Gasteiger partial charge in [0.2, 0.25) is 0 Å². The number of thioether (sulfide) groups is 1. The van der Waals surface area contributed by atoms with E-state index in [4.69, 9.17) is 14.5 Å². The first kappa shape index (κ1) is 19.6. The van der Waals surface area contributed by atoms with Gasteiger partial charge in [-0.05, 0) is 56.9 Å². The van der Waals surface area contributed by atoms with Gasteiger partial charge in [0.1, 0.15) is 11.6 Å². The van der Waals surface area contributed by atoms with E-state index in [2.05, 4.69) is 19.9 Å². The number of hydrogen-bond donors (Lipinski definition) is 0. The van der Waals surface area contributed by atoms with Gasteiger partial charge in [-0.1, -0.05) is 23.9 Å². The summed E-state index contributed by atoms with van der Waals surface area (Å²) in [6.45, 7) is 9.23. The van der Waals surface area contributed by atoms with Crippen molar-refractivity contribution in [2.45, 2.75) is 45.4 Å². The van der Waals surface area contributed by atoms with Gasteiger partial charge in [0.15, 0.2) is 5.16 Å². The van der Waals surface area contributed by atoms with Crippen molar-refractivity contribution in [2.75, 3.05) is 19.2 Å². The van der Waals surface area contributed by atoms with Crippen LogP contribution in [0.4, 0.5) is 0 Å². The van der Waals surface area contributed by atoms with E-state index in [-0.39, 0.29) is 11.7 Å². The molecule has 0 aliphatic carbocycles. The topological polar surface area (TPSA) is 53.4 Å². The minimum Gasteiger partial charge on any atom is -0.355 e. The van der Waals surface area contributed by atoms with Crippen molar-refractivity contribution in [2.24, 2.45) is 0 Å². The summed E-state index contributed by atoms with van der Waals surface area (Å²) in [6.07, 6.45) is 0.977. The highest BCUT2D eigenvalue weighted by atomic mass is 32.2. The summed E-state index contributed by atoms with van der Waals surface area (Å²) >= 11 is 3.18. The van der Waals surface area contributed by atoms with Crippen LogP contribution in [-0.4, -0.2) is 34.8 Å². The fourth-order valence-electron chi connectivity index (χ4n) is 3.36. The number of aryl methyl sites for hydroxylation is 3. The monoisotopic (exact) mass is 416 g/mol. The van der Waals surface area contributed by atoms with Crippen molar-refractivity contribution in [3.8, 4) is 5.69 Å². The lowest BCUT2D eigenvalue weighted by molar-refractivity contribution is -0.130. The molecule has 1 saturated heterocycles. The molecule has 1 atom stereocenters. The van der Waals surface area contributed by atoms with Crippen LogP contribution in [0.5, 0.6) is 0 Å².